The first kappa shape index (κ1) is 15.5. The largest absolute Gasteiger partial charge is 0.383 e. The summed E-state index contributed by atoms with van der Waals surface area (Å²) in [5, 5.41) is 6.19. The van der Waals surface area contributed by atoms with Crippen molar-refractivity contribution in [3.63, 3.8) is 0 Å². The molecule has 1 heterocycles. The Kier molecular flexibility index (Phi) is 5.80. The number of hydrogen-bond donors (Lipinski definition) is 2. The van der Waals surface area contributed by atoms with Gasteiger partial charge in [-0.15, -0.1) is 0 Å². The van der Waals surface area contributed by atoms with Crippen molar-refractivity contribution < 1.29 is 4.79 Å². The molecular formula is C15H25N3O. The van der Waals surface area contributed by atoms with Crippen LogP contribution >= 0.6 is 0 Å². The average Bonchev–Trinajstić information content (AvgIpc) is 2.35. The molecule has 19 heavy (non-hydrogen) atoms. The SMILES string of the molecule is CCCNc1cnccc1C(=O)NCCC(C)(C)C. The number of pyridine rings is 1. The number of anilines is 1. The van der Waals surface area contributed by atoms with Crippen LogP contribution in [0.4, 0.5) is 5.69 Å². The summed E-state index contributed by atoms with van der Waals surface area (Å²) in [6, 6.07) is 1.75. The van der Waals surface area contributed by atoms with Crippen molar-refractivity contribution >= 4 is 11.6 Å². The van der Waals surface area contributed by atoms with Crippen LogP contribution in [0.15, 0.2) is 18.5 Å². The molecule has 1 aromatic rings. The van der Waals surface area contributed by atoms with Gasteiger partial charge < -0.3 is 10.6 Å². The molecule has 2 N–H and O–H groups in total. The summed E-state index contributed by atoms with van der Waals surface area (Å²) < 4.78 is 0. The van der Waals surface area contributed by atoms with Crippen LogP contribution in [-0.2, 0) is 0 Å². The van der Waals surface area contributed by atoms with Gasteiger partial charge in [-0.1, -0.05) is 27.7 Å². The van der Waals surface area contributed by atoms with E-state index in [2.05, 4.69) is 43.3 Å². The summed E-state index contributed by atoms with van der Waals surface area (Å²) in [5.41, 5.74) is 1.70. The van der Waals surface area contributed by atoms with Gasteiger partial charge in [-0.25, -0.2) is 0 Å². The van der Waals surface area contributed by atoms with Crippen molar-refractivity contribution in [2.45, 2.75) is 40.5 Å². The van der Waals surface area contributed by atoms with E-state index in [0.717, 1.165) is 25.1 Å². The van der Waals surface area contributed by atoms with E-state index in [1.165, 1.54) is 0 Å². The zero-order valence-electron chi connectivity index (χ0n) is 12.4. The van der Waals surface area contributed by atoms with Crippen LogP contribution in [-0.4, -0.2) is 24.0 Å². The van der Waals surface area contributed by atoms with Crippen molar-refractivity contribution in [2.75, 3.05) is 18.4 Å². The van der Waals surface area contributed by atoms with E-state index >= 15 is 0 Å². The fourth-order valence-electron chi connectivity index (χ4n) is 1.64. The summed E-state index contributed by atoms with van der Waals surface area (Å²) in [7, 11) is 0. The second kappa shape index (κ2) is 7.12. The summed E-state index contributed by atoms with van der Waals surface area (Å²) in [6.45, 7) is 10.1. The minimum atomic E-state index is -0.0368. The van der Waals surface area contributed by atoms with Gasteiger partial charge in [0.15, 0.2) is 0 Å². The normalized spacial score (nSPS) is 11.2. The van der Waals surface area contributed by atoms with Crippen LogP contribution in [0.3, 0.4) is 0 Å². The molecule has 0 saturated heterocycles. The highest BCUT2D eigenvalue weighted by Gasteiger charge is 2.13. The first-order valence-electron chi connectivity index (χ1n) is 6.90. The Balaban J connectivity index is 2.61. The third kappa shape index (κ3) is 5.73. The number of hydrogen-bond acceptors (Lipinski definition) is 3. The maximum atomic E-state index is 12.1. The quantitative estimate of drug-likeness (QED) is 0.829. The monoisotopic (exact) mass is 263 g/mol. The number of rotatable bonds is 6. The van der Waals surface area contributed by atoms with E-state index in [4.69, 9.17) is 0 Å². The lowest BCUT2D eigenvalue weighted by Gasteiger charge is -2.18. The fraction of sp³-hybridized carbons (Fsp3) is 0.600. The molecule has 0 aliphatic rings. The Morgan fingerprint density at radius 3 is 2.68 bits per heavy atom. The van der Waals surface area contributed by atoms with E-state index in [1.54, 1.807) is 18.5 Å². The predicted octanol–water partition coefficient (Wildman–Crippen LogP) is 3.07. The fourth-order valence-corrected chi connectivity index (χ4v) is 1.64. The zero-order chi connectivity index (χ0) is 14.3. The second-order valence-electron chi connectivity index (χ2n) is 5.91. The first-order chi connectivity index (χ1) is 8.94. The molecule has 0 radical (unpaired) electrons. The zero-order valence-corrected chi connectivity index (χ0v) is 12.4. The lowest BCUT2D eigenvalue weighted by atomic mass is 9.92. The third-order valence-corrected chi connectivity index (χ3v) is 2.79. The molecule has 1 aromatic heterocycles. The molecule has 0 unspecified atom stereocenters. The van der Waals surface area contributed by atoms with E-state index in [9.17, 15) is 4.79 Å². The highest BCUT2D eigenvalue weighted by molar-refractivity contribution is 5.99. The molecule has 0 saturated carbocycles. The maximum Gasteiger partial charge on any atom is 0.253 e. The number of aromatic nitrogens is 1. The van der Waals surface area contributed by atoms with E-state index in [0.29, 0.717) is 12.1 Å². The molecule has 0 fully saturated rings. The van der Waals surface area contributed by atoms with Gasteiger partial charge in [0.1, 0.15) is 0 Å². The molecule has 0 atom stereocenters. The number of nitrogens with zero attached hydrogens (tertiary/aromatic N) is 1. The van der Waals surface area contributed by atoms with Crippen LogP contribution in [0.5, 0.6) is 0 Å². The van der Waals surface area contributed by atoms with Gasteiger partial charge in [0.25, 0.3) is 5.91 Å². The van der Waals surface area contributed by atoms with Gasteiger partial charge in [0.2, 0.25) is 0 Å². The highest BCUT2D eigenvalue weighted by atomic mass is 16.1. The van der Waals surface area contributed by atoms with Crippen LogP contribution in [0, 0.1) is 5.41 Å². The van der Waals surface area contributed by atoms with Gasteiger partial charge >= 0.3 is 0 Å². The van der Waals surface area contributed by atoms with E-state index in [1.807, 2.05) is 0 Å². The average molecular weight is 263 g/mol. The summed E-state index contributed by atoms with van der Waals surface area (Å²) in [4.78, 5) is 16.2. The number of nitrogens with one attached hydrogen (secondary N) is 2. The van der Waals surface area contributed by atoms with Crippen LogP contribution in [0.1, 0.15) is 50.9 Å². The molecule has 0 aliphatic heterocycles. The van der Waals surface area contributed by atoms with Gasteiger partial charge in [0.05, 0.1) is 17.4 Å². The van der Waals surface area contributed by atoms with Crippen LogP contribution < -0.4 is 10.6 Å². The second-order valence-corrected chi connectivity index (χ2v) is 5.91. The number of carbonyl (C=O) groups excluding carboxylic acids is 1. The van der Waals surface area contributed by atoms with Gasteiger partial charge in [0, 0.05) is 19.3 Å². The first-order valence-corrected chi connectivity index (χ1v) is 6.90. The van der Waals surface area contributed by atoms with Gasteiger partial charge in [-0.2, -0.15) is 0 Å². The Hall–Kier alpha value is -1.58. The molecule has 1 amide bonds. The summed E-state index contributed by atoms with van der Waals surface area (Å²) >= 11 is 0. The molecule has 0 bridgehead atoms. The van der Waals surface area contributed by atoms with Gasteiger partial charge in [-0.05, 0) is 24.3 Å². The van der Waals surface area contributed by atoms with E-state index in [-0.39, 0.29) is 11.3 Å². The Morgan fingerprint density at radius 1 is 1.32 bits per heavy atom. The molecule has 0 aliphatic carbocycles. The Labute approximate surface area is 116 Å². The molecule has 1 rings (SSSR count). The summed E-state index contributed by atoms with van der Waals surface area (Å²) in [6.07, 6.45) is 5.33. The van der Waals surface area contributed by atoms with Gasteiger partial charge in [-0.3, -0.25) is 9.78 Å². The lowest BCUT2D eigenvalue weighted by Crippen LogP contribution is -2.28. The minimum absolute atomic E-state index is 0.0368. The standard InChI is InChI=1S/C15H25N3O/c1-5-8-17-13-11-16-9-6-12(13)14(19)18-10-7-15(2,3)4/h6,9,11,17H,5,7-8,10H2,1-4H3,(H,18,19). The number of amides is 1. The molecule has 0 aromatic carbocycles. The molecular weight excluding hydrogens is 238 g/mol. The third-order valence-electron chi connectivity index (χ3n) is 2.79. The minimum Gasteiger partial charge on any atom is -0.383 e. The van der Waals surface area contributed by atoms with Crippen molar-refractivity contribution in [1.29, 1.82) is 0 Å². The predicted molar refractivity (Wildman–Crippen MR) is 79.4 cm³/mol. The molecule has 106 valence electrons. The van der Waals surface area contributed by atoms with E-state index < -0.39 is 0 Å². The smallest absolute Gasteiger partial charge is 0.253 e. The van der Waals surface area contributed by atoms with Crippen molar-refractivity contribution in [1.82, 2.24) is 10.3 Å². The molecule has 4 heteroatoms. The molecule has 0 spiro atoms. The lowest BCUT2D eigenvalue weighted by molar-refractivity contribution is 0.0950. The van der Waals surface area contributed by atoms with Crippen LogP contribution in [0.2, 0.25) is 0 Å². The Morgan fingerprint density at radius 2 is 2.05 bits per heavy atom. The Bertz CT molecular complexity index is 410. The van der Waals surface area contributed by atoms with Crippen molar-refractivity contribution in [3.05, 3.63) is 24.0 Å². The topological polar surface area (TPSA) is 54.0 Å². The van der Waals surface area contributed by atoms with Crippen molar-refractivity contribution in [2.24, 2.45) is 5.41 Å². The highest BCUT2D eigenvalue weighted by Crippen LogP contribution is 2.18. The van der Waals surface area contributed by atoms with Crippen molar-refractivity contribution in [3.8, 4) is 0 Å². The maximum absolute atomic E-state index is 12.1. The number of carbonyl (C=O) groups is 1. The summed E-state index contributed by atoms with van der Waals surface area (Å²) in [5.74, 6) is -0.0368. The van der Waals surface area contributed by atoms with Crippen LogP contribution in [0.25, 0.3) is 0 Å². The molecule has 4 nitrogen and oxygen atoms in total.